The van der Waals surface area contributed by atoms with Crippen molar-refractivity contribution in [2.45, 2.75) is 58.1 Å². The quantitative estimate of drug-likeness (QED) is 0.184. The van der Waals surface area contributed by atoms with Gasteiger partial charge in [-0.05, 0) is 0 Å². The van der Waals surface area contributed by atoms with Gasteiger partial charge in [0, 0.05) is 0 Å². The van der Waals surface area contributed by atoms with Crippen molar-refractivity contribution in [2.75, 3.05) is 11.5 Å². The third-order valence-electron chi connectivity index (χ3n) is 7.55. The van der Waals surface area contributed by atoms with Gasteiger partial charge in [0.05, 0.1) is 0 Å². The number of carbonyl (C=O) groups excluding carboxylic acids is 2. The Morgan fingerprint density at radius 3 is 1.26 bits per heavy atom. The van der Waals surface area contributed by atoms with Crippen LogP contribution in [0.25, 0.3) is 0 Å². The summed E-state index contributed by atoms with van der Waals surface area (Å²) in [4.78, 5) is 28.0. The zero-order valence-corrected chi connectivity index (χ0v) is 26.6. The van der Waals surface area contributed by atoms with Gasteiger partial charge in [-0.3, -0.25) is 0 Å². The molecule has 8 nitrogen and oxygen atoms in total. The second-order valence-electron chi connectivity index (χ2n) is 14.9. The van der Waals surface area contributed by atoms with Crippen LogP contribution in [0.15, 0.2) is 73.8 Å². The van der Waals surface area contributed by atoms with Crippen LogP contribution >= 0.6 is 0 Å². The fourth-order valence-corrected chi connectivity index (χ4v) is 41.2. The van der Waals surface area contributed by atoms with Gasteiger partial charge in [-0.2, -0.15) is 0 Å². The van der Waals surface area contributed by atoms with E-state index in [1.165, 1.54) is 60.7 Å². The van der Waals surface area contributed by atoms with Gasteiger partial charge in [-0.25, -0.2) is 0 Å². The van der Waals surface area contributed by atoms with E-state index in [2.05, 4.69) is 13.2 Å². The van der Waals surface area contributed by atoms with Gasteiger partial charge in [-0.15, -0.1) is 0 Å². The summed E-state index contributed by atoms with van der Waals surface area (Å²) in [7, 11) is 0. The second-order valence-corrected chi connectivity index (χ2v) is 41.2. The fraction of sp³-hybridized carbons (Fsp3) is 0.400. The Kier molecular flexibility index (Phi) is 6.69. The minimum absolute atomic E-state index is 0.0431. The molecule has 215 valence electrons. The van der Waals surface area contributed by atoms with Gasteiger partial charge in [0.1, 0.15) is 0 Å². The molecule has 0 saturated heterocycles. The summed E-state index contributed by atoms with van der Waals surface area (Å²) in [5.74, 6) is -2.28. The molecule has 0 radical (unpaired) electrons. The topological polar surface area (TPSA) is 142 Å². The van der Waals surface area contributed by atoms with Crippen LogP contribution in [0, 0.1) is 10.8 Å². The van der Waals surface area contributed by atoms with E-state index >= 15 is 2.81 Å². The van der Waals surface area contributed by atoms with Crippen molar-refractivity contribution in [2.24, 2.45) is 10.8 Å². The second kappa shape index (κ2) is 8.08. The SMILES string of the molecule is C=C[CH2][Zr](=[O])([OH])([CH2]C=C)([CH2]C(C)(C)C)([CH2]C(C)(C)C)([O]C(=O)c1ccc(N)cc1)[O]C(=O)c1ccc(N)cc1. The first-order chi connectivity index (χ1) is 17.4. The first-order valence-corrected chi connectivity index (χ1v) is 24.2. The average molecular weight is 621 g/mol. The van der Waals surface area contributed by atoms with Gasteiger partial charge in [0.25, 0.3) is 0 Å². The zero-order valence-electron chi connectivity index (χ0n) is 24.2. The number of benzene rings is 2. The Hall–Kier alpha value is -2.90. The van der Waals surface area contributed by atoms with E-state index in [0.717, 1.165) is 0 Å². The van der Waals surface area contributed by atoms with E-state index < -0.39 is 54.9 Å². The number of hydrogen-bond acceptors (Lipinski definition) is 7. The molecule has 0 aliphatic rings. The molecule has 2 aromatic rings. The maximum atomic E-state index is 17.2. The number of anilines is 2. The summed E-state index contributed by atoms with van der Waals surface area (Å²) < 4.78 is 40.6. The number of nitrogen functional groups attached to an aromatic ring is 2. The summed E-state index contributed by atoms with van der Waals surface area (Å²) in [6, 6.07) is 11.4. The van der Waals surface area contributed by atoms with Crippen molar-refractivity contribution >= 4 is 23.3 Å². The summed E-state index contributed by atoms with van der Waals surface area (Å²) >= 11 is -9.56. The van der Waals surface area contributed by atoms with Gasteiger partial charge < -0.3 is 0 Å². The molecule has 0 aliphatic heterocycles. The third kappa shape index (κ3) is 6.15. The minimum atomic E-state index is -9.56. The van der Waals surface area contributed by atoms with Crippen molar-refractivity contribution in [3.05, 3.63) is 85.0 Å². The summed E-state index contributed by atoms with van der Waals surface area (Å²) in [5, 5.41) is 0. The molecule has 0 atom stereocenters. The Morgan fingerprint density at radius 1 is 0.744 bits per heavy atom. The number of carbonyl (C=O) groups is 2. The van der Waals surface area contributed by atoms with Crippen LogP contribution in [0.5, 0.6) is 0 Å². The molecular formula is C30H45N2O6Zr. The molecule has 5 N–H and O–H groups in total. The van der Waals surface area contributed by atoms with Crippen molar-refractivity contribution in [3.63, 3.8) is 0 Å². The number of hydrogen-bond donors (Lipinski definition) is 3. The number of allylic oxidation sites excluding steroid dienone is 2. The predicted octanol–water partition coefficient (Wildman–Crippen LogP) is 7.38. The molecule has 9 heteroatoms. The average Bonchev–Trinajstić information content (AvgIpc) is 2.71. The molecular weight excluding hydrogens is 576 g/mol. The number of rotatable bonds is 10. The van der Waals surface area contributed by atoms with Crippen molar-refractivity contribution in [3.8, 4) is 0 Å². The number of nitrogens with two attached hydrogens (primary N) is 2. The fourth-order valence-electron chi connectivity index (χ4n) is 8.00. The molecule has 0 saturated carbocycles. The van der Waals surface area contributed by atoms with E-state index in [9.17, 15) is 12.8 Å². The summed E-state index contributed by atoms with van der Waals surface area (Å²) in [5.41, 5.74) is 10.3. The van der Waals surface area contributed by atoms with Crippen LogP contribution in [0.3, 0.4) is 0 Å². The molecule has 0 fully saturated rings. The standard InChI is InChI=1S/2C7H7NO2.2C5H11.2C3H5.H2O.O.Zr/c2*8-6-3-1-5(2-4-6)7(9)10;2*1-5(2,3)4;2*1-3-2;;;/h2*1-4H,8H2,(H,9,10);2*1H2,2-4H3;2*3H,1-2H2;1H2;;/q;;;;;;;;+3/p-3. The van der Waals surface area contributed by atoms with Gasteiger partial charge >= 0.3 is 226 Å². The van der Waals surface area contributed by atoms with E-state index in [0.29, 0.717) is 11.4 Å². The van der Waals surface area contributed by atoms with Gasteiger partial charge in [0.2, 0.25) is 0 Å². The van der Waals surface area contributed by atoms with Crippen LogP contribution in [0.1, 0.15) is 62.3 Å². The molecule has 0 aliphatic carbocycles. The van der Waals surface area contributed by atoms with E-state index in [4.69, 9.17) is 17.1 Å². The molecule has 0 heterocycles. The normalized spacial score (nSPS) is 16.4. The van der Waals surface area contributed by atoms with E-state index in [-0.39, 0.29) is 11.1 Å². The van der Waals surface area contributed by atoms with Crippen LogP contribution in [-0.4, -0.2) is 15.1 Å². The summed E-state index contributed by atoms with van der Waals surface area (Å²) in [6.07, 6.45) is 2.37. The Bertz CT molecular complexity index is 1390. The van der Waals surface area contributed by atoms with Gasteiger partial charge in [0.15, 0.2) is 0 Å². The molecule has 2 rings (SSSR count). The van der Waals surface area contributed by atoms with E-state index in [1.807, 2.05) is 0 Å². The molecule has 39 heavy (non-hydrogen) atoms. The molecule has 2 aromatic carbocycles. The van der Waals surface area contributed by atoms with Crippen molar-refractivity contribution in [1.82, 2.24) is 0 Å². The van der Waals surface area contributed by atoms with Crippen molar-refractivity contribution < 1.29 is 36.9 Å². The Labute approximate surface area is 224 Å². The third-order valence-corrected chi connectivity index (χ3v) is 33.4. The predicted molar refractivity (Wildman–Crippen MR) is 154 cm³/mol. The van der Waals surface area contributed by atoms with Crippen LogP contribution in [0.2, 0.25) is 16.5 Å². The van der Waals surface area contributed by atoms with E-state index in [1.54, 1.807) is 41.5 Å². The van der Waals surface area contributed by atoms with Crippen LogP contribution in [-0.2, 0) is 24.1 Å². The van der Waals surface area contributed by atoms with Gasteiger partial charge in [-0.1, -0.05) is 0 Å². The molecule has 0 amide bonds. The van der Waals surface area contributed by atoms with Crippen LogP contribution < -0.4 is 11.5 Å². The zero-order chi connectivity index (χ0) is 30.1. The molecule has 0 aromatic heterocycles. The summed E-state index contributed by atoms with van der Waals surface area (Å²) in [6.45, 7) is 17.9. The Balaban J connectivity index is 3.24. The molecule has 0 unspecified atom stereocenters. The first-order valence-electron chi connectivity index (χ1n) is 13.1. The molecule has 0 spiro atoms. The first kappa shape index (κ1) is 32.3. The van der Waals surface area contributed by atoms with Crippen molar-refractivity contribution in [1.29, 1.82) is 0 Å². The Morgan fingerprint density at radius 2 is 1.03 bits per heavy atom. The van der Waals surface area contributed by atoms with Crippen LogP contribution in [0.4, 0.5) is 11.4 Å². The maximum absolute atomic E-state index is 17.2. The molecule has 0 bridgehead atoms. The monoisotopic (exact) mass is 619 g/mol.